The Hall–Kier alpha value is -1.60. The van der Waals surface area contributed by atoms with Crippen molar-refractivity contribution < 1.29 is 18.5 Å². The Morgan fingerprint density at radius 2 is 1.44 bits per heavy atom. The van der Waals surface area contributed by atoms with Crippen LogP contribution >= 0.6 is 11.6 Å². The van der Waals surface area contributed by atoms with Gasteiger partial charge in [0.25, 0.3) is 0 Å². The van der Waals surface area contributed by atoms with E-state index >= 15 is 0 Å². The van der Waals surface area contributed by atoms with Gasteiger partial charge in [0.2, 0.25) is 5.91 Å². The summed E-state index contributed by atoms with van der Waals surface area (Å²) in [4.78, 5) is 28.9. The van der Waals surface area contributed by atoms with Gasteiger partial charge < -0.3 is 14.5 Å². The number of amides is 2. The molecule has 8 heteroatoms. The zero-order chi connectivity index (χ0) is 20.4. The fraction of sp³-hybridized carbons (Fsp3) is 0.579. The molecule has 0 saturated carbocycles. The van der Waals surface area contributed by atoms with Crippen molar-refractivity contribution >= 4 is 34.4 Å². The number of benzene rings is 1. The first kappa shape index (κ1) is 21.7. The number of carbonyl (C=O) groups excluding carboxylic acids is 2. The van der Waals surface area contributed by atoms with Crippen molar-refractivity contribution in [1.29, 1.82) is 0 Å². The molecule has 1 unspecified atom stereocenters. The summed E-state index contributed by atoms with van der Waals surface area (Å²) in [6.07, 6.45) is -0.376. The molecule has 2 rings (SSSR count). The average Bonchev–Trinajstić information content (AvgIpc) is 2.59. The molecule has 2 amide bonds. The van der Waals surface area contributed by atoms with Crippen molar-refractivity contribution in [1.82, 2.24) is 9.80 Å². The molecule has 1 aromatic rings. The Morgan fingerprint density at radius 1 is 0.963 bits per heavy atom. The normalized spacial score (nSPS) is 16.8. The van der Waals surface area contributed by atoms with Crippen LogP contribution < -0.4 is 0 Å². The lowest BCUT2D eigenvalue weighted by Gasteiger charge is -2.38. The second-order valence-corrected chi connectivity index (χ2v) is 10.5. The van der Waals surface area contributed by atoms with E-state index in [0.717, 1.165) is 0 Å². The van der Waals surface area contributed by atoms with E-state index in [1.165, 1.54) is 0 Å². The zero-order valence-corrected chi connectivity index (χ0v) is 18.0. The molecule has 0 aliphatic carbocycles. The molecular weight excluding hydrogens is 388 g/mol. The van der Waals surface area contributed by atoms with Crippen LogP contribution in [0, 0.1) is 0 Å². The van der Waals surface area contributed by atoms with Crippen LogP contribution in [0.1, 0.15) is 34.6 Å². The third kappa shape index (κ3) is 5.45. The minimum Gasteiger partial charge on any atom is -0.444 e. The molecule has 1 fully saturated rings. The van der Waals surface area contributed by atoms with E-state index in [-0.39, 0.29) is 12.0 Å². The topological polar surface area (TPSA) is 66.9 Å². The lowest BCUT2D eigenvalue weighted by molar-refractivity contribution is -0.134. The quantitative estimate of drug-likeness (QED) is 0.761. The molecule has 0 radical (unpaired) electrons. The largest absolute Gasteiger partial charge is 0.444 e. The van der Waals surface area contributed by atoms with Crippen LogP contribution in [0.15, 0.2) is 29.2 Å². The maximum atomic E-state index is 13.0. The Bertz CT molecular complexity index is 720. The number of rotatable bonds is 3. The van der Waals surface area contributed by atoms with Gasteiger partial charge in [-0.2, -0.15) is 0 Å². The zero-order valence-electron chi connectivity index (χ0n) is 16.5. The first-order chi connectivity index (χ1) is 12.4. The monoisotopic (exact) mass is 414 g/mol. The van der Waals surface area contributed by atoms with Crippen molar-refractivity contribution in [3.63, 3.8) is 0 Å². The van der Waals surface area contributed by atoms with Crippen LogP contribution in [-0.2, 0) is 20.3 Å². The average molecular weight is 415 g/mol. The van der Waals surface area contributed by atoms with Crippen LogP contribution in [0.5, 0.6) is 0 Å². The SMILES string of the molecule is CC(C)(C)OC(=O)N1CCN(C(=O)C(C)(C)S(=O)c2ccc(Cl)cc2)CC1. The van der Waals surface area contributed by atoms with Crippen LogP contribution in [-0.4, -0.2) is 62.5 Å². The minimum absolute atomic E-state index is 0.195. The highest BCUT2D eigenvalue weighted by Gasteiger charge is 2.40. The molecule has 0 N–H and O–H groups in total. The summed E-state index contributed by atoms with van der Waals surface area (Å²) in [7, 11) is -1.52. The summed E-state index contributed by atoms with van der Waals surface area (Å²) < 4.78 is 17.2. The molecule has 1 aliphatic heterocycles. The maximum absolute atomic E-state index is 13.0. The molecule has 0 bridgehead atoms. The second kappa shape index (κ2) is 8.19. The summed E-state index contributed by atoms with van der Waals surface area (Å²) in [6.45, 7) is 10.4. The highest BCUT2D eigenvalue weighted by molar-refractivity contribution is 7.87. The van der Waals surface area contributed by atoms with Gasteiger partial charge in [-0.25, -0.2) is 4.79 Å². The van der Waals surface area contributed by atoms with Crippen molar-refractivity contribution in [2.75, 3.05) is 26.2 Å². The fourth-order valence-corrected chi connectivity index (χ4v) is 4.12. The molecule has 1 atom stereocenters. The summed E-state index contributed by atoms with van der Waals surface area (Å²) in [5, 5.41) is 0.554. The molecule has 150 valence electrons. The lowest BCUT2D eigenvalue weighted by Crippen LogP contribution is -2.56. The van der Waals surface area contributed by atoms with Gasteiger partial charge in [-0.05, 0) is 58.9 Å². The first-order valence-corrected chi connectivity index (χ1v) is 10.4. The molecule has 0 spiro atoms. The number of nitrogens with zero attached hydrogens (tertiary/aromatic N) is 2. The number of halogens is 1. The molecule has 1 aromatic carbocycles. The summed E-state index contributed by atoms with van der Waals surface area (Å²) in [5.74, 6) is -0.195. The minimum atomic E-state index is -1.52. The lowest BCUT2D eigenvalue weighted by atomic mass is 10.1. The highest BCUT2D eigenvalue weighted by atomic mass is 35.5. The van der Waals surface area contributed by atoms with E-state index in [1.54, 1.807) is 47.9 Å². The Balaban J connectivity index is 2.00. The molecule has 6 nitrogen and oxygen atoms in total. The van der Waals surface area contributed by atoms with Crippen molar-refractivity contribution in [2.24, 2.45) is 0 Å². The van der Waals surface area contributed by atoms with Crippen molar-refractivity contribution in [3.8, 4) is 0 Å². The molecule has 27 heavy (non-hydrogen) atoms. The van der Waals surface area contributed by atoms with Gasteiger partial charge in [0.05, 0.1) is 10.8 Å². The number of piperazine rings is 1. The van der Waals surface area contributed by atoms with Crippen molar-refractivity contribution in [3.05, 3.63) is 29.3 Å². The molecule has 1 aliphatic rings. The summed E-state index contributed by atoms with van der Waals surface area (Å²) in [6, 6.07) is 6.67. The molecule has 0 aromatic heterocycles. The van der Waals surface area contributed by atoms with Crippen LogP contribution in [0.2, 0.25) is 5.02 Å². The van der Waals surface area contributed by atoms with Gasteiger partial charge >= 0.3 is 6.09 Å². The third-order valence-corrected chi connectivity index (χ3v) is 6.28. The predicted octanol–water partition coefficient (Wildman–Crippen LogP) is 3.31. The number of ether oxygens (including phenoxy) is 1. The number of hydrogen-bond acceptors (Lipinski definition) is 4. The van der Waals surface area contributed by atoms with Gasteiger partial charge in [-0.1, -0.05) is 11.6 Å². The van der Waals surface area contributed by atoms with Gasteiger partial charge in [-0.15, -0.1) is 0 Å². The third-order valence-electron chi connectivity index (χ3n) is 4.22. The Labute approximate surface area is 168 Å². The molecular formula is C19H27ClN2O4S. The predicted molar refractivity (Wildman–Crippen MR) is 106 cm³/mol. The maximum Gasteiger partial charge on any atom is 0.410 e. The Morgan fingerprint density at radius 3 is 1.93 bits per heavy atom. The van der Waals surface area contributed by atoms with E-state index in [9.17, 15) is 13.8 Å². The fourth-order valence-electron chi connectivity index (χ4n) is 2.73. The standard InChI is InChI=1S/C19H27ClN2O4S/c1-18(2,3)26-17(24)22-12-10-21(11-13-22)16(23)19(4,5)27(25)15-8-6-14(20)7-9-15/h6-9H,10-13H2,1-5H3. The molecule has 1 saturated heterocycles. The van der Waals surface area contributed by atoms with E-state index in [2.05, 4.69) is 0 Å². The van der Waals surface area contributed by atoms with E-state index in [0.29, 0.717) is 36.1 Å². The smallest absolute Gasteiger partial charge is 0.410 e. The second-order valence-electron chi connectivity index (χ2n) is 7.99. The van der Waals surface area contributed by atoms with E-state index in [1.807, 2.05) is 20.8 Å². The van der Waals surface area contributed by atoms with Gasteiger partial charge in [0.15, 0.2) is 0 Å². The van der Waals surface area contributed by atoms with E-state index in [4.69, 9.17) is 16.3 Å². The first-order valence-electron chi connectivity index (χ1n) is 8.86. The summed E-state index contributed by atoms with van der Waals surface area (Å²) in [5.41, 5.74) is -0.554. The van der Waals surface area contributed by atoms with Crippen LogP contribution in [0.3, 0.4) is 0 Å². The van der Waals surface area contributed by atoms with Gasteiger partial charge in [0, 0.05) is 36.1 Å². The summed E-state index contributed by atoms with van der Waals surface area (Å²) >= 11 is 5.88. The van der Waals surface area contributed by atoms with Crippen LogP contribution in [0.4, 0.5) is 4.79 Å². The highest BCUT2D eigenvalue weighted by Crippen LogP contribution is 2.25. The van der Waals surface area contributed by atoms with E-state index < -0.39 is 21.1 Å². The number of hydrogen-bond donors (Lipinski definition) is 0. The van der Waals surface area contributed by atoms with Crippen LogP contribution in [0.25, 0.3) is 0 Å². The number of carbonyl (C=O) groups is 2. The van der Waals surface area contributed by atoms with Crippen molar-refractivity contribution in [2.45, 2.75) is 49.9 Å². The Kier molecular flexibility index (Phi) is 6.58. The van der Waals surface area contributed by atoms with Gasteiger partial charge in [-0.3, -0.25) is 9.00 Å². The van der Waals surface area contributed by atoms with Gasteiger partial charge in [0.1, 0.15) is 10.3 Å². The molecule has 1 heterocycles.